The Balaban J connectivity index is 1.18. The van der Waals surface area contributed by atoms with Crippen LogP contribution in [0.1, 0.15) is 24.8 Å². The molecule has 1 amide bonds. The smallest absolute Gasteiger partial charge is 0.298 e. The van der Waals surface area contributed by atoms with E-state index in [1.165, 1.54) is 12.1 Å². The van der Waals surface area contributed by atoms with E-state index >= 15 is 0 Å². The highest BCUT2D eigenvalue weighted by molar-refractivity contribution is 5.76. The van der Waals surface area contributed by atoms with Gasteiger partial charge in [0, 0.05) is 63.4 Å². The van der Waals surface area contributed by atoms with E-state index in [9.17, 15) is 13.6 Å². The first-order valence-corrected chi connectivity index (χ1v) is 11.1. The van der Waals surface area contributed by atoms with Crippen molar-refractivity contribution in [1.82, 2.24) is 14.8 Å². The summed E-state index contributed by atoms with van der Waals surface area (Å²) < 4.78 is 33.1. The van der Waals surface area contributed by atoms with E-state index in [1.807, 2.05) is 24.3 Å². The van der Waals surface area contributed by atoms with Crippen molar-refractivity contribution in [2.45, 2.75) is 31.8 Å². The summed E-state index contributed by atoms with van der Waals surface area (Å²) in [6, 6.07) is 12.3. The number of hydrogen-bond donors (Lipinski definition) is 0. The minimum absolute atomic E-state index is 0.0290. The van der Waals surface area contributed by atoms with Crippen LogP contribution in [0.25, 0.3) is 11.1 Å². The lowest BCUT2D eigenvalue weighted by molar-refractivity contribution is -0.131. The lowest BCUT2D eigenvalue weighted by Crippen LogP contribution is -2.50. The van der Waals surface area contributed by atoms with E-state index < -0.39 is 11.6 Å². The van der Waals surface area contributed by atoms with E-state index in [0.717, 1.165) is 56.2 Å². The number of benzene rings is 2. The van der Waals surface area contributed by atoms with Crippen molar-refractivity contribution in [2.24, 2.45) is 0 Å². The first-order valence-electron chi connectivity index (χ1n) is 11.1. The molecule has 168 valence electrons. The van der Waals surface area contributed by atoms with Crippen molar-refractivity contribution < 1.29 is 18.0 Å². The summed E-state index contributed by atoms with van der Waals surface area (Å²) in [6.45, 7) is 4.16. The topological polar surface area (TPSA) is 52.8 Å². The van der Waals surface area contributed by atoms with Gasteiger partial charge in [-0.1, -0.05) is 18.2 Å². The maximum atomic E-state index is 14.0. The number of fused-ring (bicyclic) bond motifs is 1. The second kappa shape index (κ2) is 8.86. The van der Waals surface area contributed by atoms with Crippen molar-refractivity contribution in [3.05, 3.63) is 59.7 Å². The highest BCUT2D eigenvalue weighted by Crippen LogP contribution is 2.25. The number of nitrogens with zero attached hydrogens (tertiary/aromatic N) is 4. The van der Waals surface area contributed by atoms with Crippen molar-refractivity contribution in [1.29, 1.82) is 0 Å². The Morgan fingerprint density at radius 1 is 1.00 bits per heavy atom. The maximum absolute atomic E-state index is 14.0. The van der Waals surface area contributed by atoms with Crippen molar-refractivity contribution in [3.63, 3.8) is 0 Å². The van der Waals surface area contributed by atoms with Crippen LogP contribution in [0.5, 0.6) is 0 Å². The molecular formula is C24H26F2N4O2. The van der Waals surface area contributed by atoms with Gasteiger partial charge in [-0.25, -0.2) is 8.78 Å². The van der Waals surface area contributed by atoms with Gasteiger partial charge in [0.1, 0.15) is 17.2 Å². The van der Waals surface area contributed by atoms with Crippen LogP contribution < -0.4 is 4.90 Å². The summed E-state index contributed by atoms with van der Waals surface area (Å²) in [4.78, 5) is 23.5. The monoisotopic (exact) mass is 440 g/mol. The van der Waals surface area contributed by atoms with Crippen molar-refractivity contribution in [3.8, 4) is 0 Å². The molecule has 3 aromatic rings. The van der Waals surface area contributed by atoms with Crippen LogP contribution in [0.4, 0.5) is 14.8 Å². The average Bonchev–Trinajstić information content (AvgIpc) is 3.15. The molecule has 2 fully saturated rings. The van der Waals surface area contributed by atoms with Crippen LogP contribution in [-0.4, -0.2) is 59.5 Å². The molecule has 5 rings (SSSR count). The van der Waals surface area contributed by atoms with Gasteiger partial charge in [0.05, 0.1) is 0 Å². The Morgan fingerprint density at radius 3 is 2.59 bits per heavy atom. The summed E-state index contributed by atoms with van der Waals surface area (Å²) in [7, 11) is 0. The zero-order valence-corrected chi connectivity index (χ0v) is 17.8. The second-order valence-electron chi connectivity index (χ2n) is 8.52. The van der Waals surface area contributed by atoms with E-state index in [1.54, 1.807) is 4.90 Å². The second-order valence-corrected chi connectivity index (χ2v) is 8.52. The lowest BCUT2D eigenvalue weighted by Gasteiger charge is -2.38. The molecule has 2 aromatic carbocycles. The Labute approximate surface area is 185 Å². The van der Waals surface area contributed by atoms with Crippen molar-refractivity contribution in [2.75, 3.05) is 37.6 Å². The first-order chi connectivity index (χ1) is 15.6. The molecule has 0 saturated carbocycles. The summed E-state index contributed by atoms with van der Waals surface area (Å²) in [6.07, 6.45) is 2.08. The van der Waals surface area contributed by atoms with E-state index in [-0.39, 0.29) is 12.5 Å². The lowest BCUT2D eigenvalue weighted by atomic mass is 10.1. The van der Waals surface area contributed by atoms with Gasteiger partial charge in [-0.3, -0.25) is 9.69 Å². The van der Waals surface area contributed by atoms with Crippen LogP contribution >= 0.6 is 0 Å². The molecule has 0 aliphatic carbocycles. The van der Waals surface area contributed by atoms with Gasteiger partial charge in [0.25, 0.3) is 6.01 Å². The summed E-state index contributed by atoms with van der Waals surface area (Å²) >= 11 is 0. The molecule has 2 aliphatic rings. The number of carbonyl (C=O) groups is 1. The molecule has 1 aromatic heterocycles. The van der Waals surface area contributed by atoms with E-state index in [4.69, 9.17) is 4.42 Å². The Bertz CT molecular complexity index is 1080. The molecule has 32 heavy (non-hydrogen) atoms. The van der Waals surface area contributed by atoms with Gasteiger partial charge in [0.15, 0.2) is 5.58 Å². The third-order valence-electron chi connectivity index (χ3n) is 6.54. The molecule has 0 spiro atoms. The van der Waals surface area contributed by atoms with Gasteiger partial charge >= 0.3 is 0 Å². The molecule has 0 N–H and O–H groups in total. The fourth-order valence-electron chi connectivity index (χ4n) is 4.68. The Hall–Kier alpha value is -3.00. The molecule has 1 atom stereocenters. The molecule has 0 radical (unpaired) electrons. The number of rotatable bonds is 4. The molecule has 8 heteroatoms. The normalized spacial score (nSPS) is 20.7. The minimum Gasteiger partial charge on any atom is -0.423 e. The molecule has 2 aliphatic heterocycles. The van der Waals surface area contributed by atoms with Gasteiger partial charge in [-0.2, -0.15) is 4.98 Å². The highest BCUT2D eigenvalue weighted by Gasteiger charge is 2.30. The van der Waals surface area contributed by atoms with Crippen LogP contribution in [0.15, 0.2) is 46.9 Å². The number of anilines is 1. The fraction of sp³-hybridized carbons (Fsp3) is 0.417. The van der Waals surface area contributed by atoms with Crippen LogP contribution in [-0.2, 0) is 11.3 Å². The maximum Gasteiger partial charge on any atom is 0.298 e. The molecular weight excluding hydrogens is 414 g/mol. The number of oxazole rings is 1. The Kier molecular flexibility index (Phi) is 5.78. The summed E-state index contributed by atoms with van der Waals surface area (Å²) in [5, 5.41) is 0. The number of para-hydroxylation sites is 2. The zero-order chi connectivity index (χ0) is 22.1. The largest absolute Gasteiger partial charge is 0.423 e. The molecule has 2 saturated heterocycles. The summed E-state index contributed by atoms with van der Waals surface area (Å²) in [5.74, 6) is -1.18. The number of likely N-dealkylation sites (tertiary alicyclic amines) is 1. The zero-order valence-electron chi connectivity index (χ0n) is 17.8. The first kappa shape index (κ1) is 20.9. The number of aromatic nitrogens is 1. The number of halogens is 2. The van der Waals surface area contributed by atoms with E-state index in [0.29, 0.717) is 30.6 Å². The number of carbonyl (C=O) groups excluding carboxylic acids is 1. The molecule has 0 unspecified atom stereocenters. The van der Waals surface area contributed by atoms with Crippen LogP contribution in [0.3, 0.4) is 0 Å². The van der Waals surface area contributed by atoms with Crippen LogP contribution in [0.2, 0.25) is 0 Å². The standard InChI is InChI=1S/C24H26F2N4O2/c25-18-6-5-17(20(26)15-18)16-30-10-9-19(7-8-23(30)31)28-11-13-29(14-12-28)24-27-21-3-1-2-4-22(21)32-24/h1-6,15,19H,7-14,16H2/t19-/m0/s1. The fourth-order valence-corrected chi connectivity index (χ4v) is 4.68. The average molecular weight is 440 g/mol. The predicted molar refractivity (Wildman–Crippen MR) is 117 cm³/mol. The Morgan fingerprint density at radius 2 is 1.81 bits per heavy atom. The highest BCUT2D eigenvalue weighted by atomic mass is 19.1. The predicted octanol–water partition coefficient (Wildman–Crippen LogP) is 3.81. The van der Waals surface area contributed by atoms with Crippen LogP contribution in [0, 0.1) is 11.6 Å². The van der Waals surface area contributed by atoms with Gasteiger partial charge in [-0.15, -0.1) is 0 Å². The van der Waals surface area contributed by atoms with Gasteiger partial charge in [-0.05, 0) is 31.0 Å². The third kappa shape index (κ3) is 4.32. The van der Waals surface area contributed by atoms with E-state index in [2.05, 4.69) is 14.8 Å². The van der Waals surface area contributed by atoms with Gasteiger partial charge in [0.2, 0.25) is 5.91 Å². The van der Waals surface area contributed by atoms with Crippen molar-refractivity contribution >= 4 is 23.0 Å². The number of amides is 1. The quantitative estimate of drug-likeness (QED) is 0.618. The SMILES string of the molecule is O=C1CC[C@H](N2CCN(c3nc4ccccc4o3)CC2)CCN1Cc1ccc(F)cc1F. The number of piperazine rings is 1. The summed E-state index contributed by atoms with van der Waals surface area (Å²) in [5.41, 5.74) is 2.01. The molecule has 3 heterocycles. The third-order valence-corrected chi connectivity index (χ3v) is 6.54. The minimum atomic E-state index is -0.606. The van der Waals surface area contributed by atoms with Gasteiger partial charge < -0.3 is 14.2 Å². The molecule has 6 nitrogen and oxygen atoms in total. The number of hydrogen-bond acceptors (Lipinski definition) is 5. The molecule has 0 bridgehead atoms.